The Morgan fingerprint density at radius 2 is 2.00 bits per heavy atom. The molecular weight excluding hydrogens is 319 g/mol. The fourth-order valence-corrected chi connectivity index (χ4v) is 3.46. The number of hydrogen-bond donors (Lipinski definition) is 1. The van der Waals surface area contributed by atoms with E-state index in [0.29, 0.717) is 11.0 Å². The fraction of sp³-hybridized carbons (Fsp3) is 0.300. The Balaban J connectivity index is 2.13. The maximum atomic E-state index is 14.4. The van der Waals surface area contributed by atoms with Crippen molar-refractivity contribution in [2.75, 3.05) is 0 Å². The van der Waals surface area contributed by atoms with Gasteiger partial charge in [0.1, 0.15) is 13.7 Å². The number of rotatable bonds is 5. The lowest BCUT2D eigenvalue weighted by Gasteiger charge is -2.15. The molecule has 24 heavy (non-hydrogen) atoms. The normalized spacial score (nSPS) is 12.7. The molecule has 0 fully saturated rings. The number of unbranched alkanes of at least 4 members (excludes halogenated alkanes) is 1. The van der Waals surface area contributed by atoms with Crippen molar-refractivity contribution in [3.63, 3.8) is 0 Å². The largest absolute Gasteiger partial charge is 0.358 e. The Kier molecular flexibility index (Phi) is 5.00. The van der Waals surface area contributed by atoms with Crippen molar-refractivity contribution < 1.29 is 4.39 Å². The first-order chi connectivity index (χ1) is 11.5. The third-order valence-corrected chi connectivity index (χ3v) is 4.84. The van der Waals surface area contributed by atoms with Crippen LogP contribution in [0, 0.1) is 5.82 Å². The van der Waals surface area contributed by atoms with Gasteiger partial charge in [0.2, 0.25) is 0 Å². The van der Waals surface area contributed by atoms with Gasteiger partial charge in [-0.15, -0.1) is 0 Å². The molecule has 122 valence electrons. The standard InChI is InChI=1S/C20H20BClFN/c1-3-4-5-16-17-11-14(22)7-9-19(17)24-20(16)12(2)15-8-6-13(21)10-18(15)23/h6-12,24H,3-5H2,1-2H3. The monoisotopic (exact) mass is 339 g/mol. The second-order valence-electron chi connectivity index (χ2n) is 6.31. The minimum Gasteiger partial charge on any atom is -0.358 e. The lowest BCUT2D eigenvalue weighted by Crippen LogP contribution is -2.08. The van der Waals surface area contributed by atoms with E-state index in [1.54, 1.807) is 12.1 Å². The van der Waals surface area contributed by atoms with Crippen LogP contribution in [0.5, 0.6) is 0 Å². The van der Waals surface area contributed by atoms with Crippen molar-refractivity contribution in [3.05, 3.63) is 64.1 Å². The van der Waals surface area contributed by atoms with E-state index in [1.807, 2.05) is 25.1 Å². The molecule has 0 aliphatic carbocycles. The Morgan fingerprint density at radius 1 is 1.21 bits per heavy atom. The first kappa shape index (κ1) is 17.1. The van der Waals surface area contributed by atoms with Gasteiger partial charge in [-0.05, 0) is 48.2 Å². The fourth-order valence-electron chi connectivity index (χ4n) is 3.28. The number of hydrogen-bond acceptors (Lipinski definition) is 0. The van der Waals surface area contributed by atoms with Gasteiger partial charge in [-0.3, -0.25) is 0 Å². The van der Waals surface area contributed by atoms with Crippen molar-refractivity contribution in [2.24, 2.45) is 0 Å². The maximum Gasteiger partial charge on any atom is 0.126 e. The second kappa shape index (κ2) is 7.02. The van der Waals surface area contributed by atoms with E-state index >= 15 is 0 Å². The molecule has 1 nitrogen and oxygen atoms in total. The van der Waals surface area contributed by atoms with Gasteiger partial charge in [-0.1, -0.05) is 49.5 Å². The van der Waals surface area contributed by atoms with E-state index in [0.717, 1.165) is 40.9 Å². The summed E-state index contributed by atoms with van der Waals surface area (Å²) < 4.78 is 14.4. The second-order valence-corrected chi connectivity index (χ2v) is 6.75. The van der Waals surface area contributed by atoms with Crippen LogP contribution in [-0.2, 0) is 6.42 Å². The zero-order valence-corrected chi connectivity index (χ0v) is 14.8. The maximum absolute atomic E-state index is 14.4. The predicted molar refractivity (Wildman–Crippen MR) is 101 cm³/mol. The average Bonchev–Trinajstić information content (AvgIpc) is 2.90. The zero-order chi connectivity index (χ0) is 17.3. The lowest BCUT2D eigenvalue weighted by atomic mass is 9.88. The number of aromatic amines is 1. The number of benzene rings is 2. The van der Waals surface area contributed by atoms with Crippen LogP contribution in [0.1, 0.15) is 49.4 Å². The molecule has 1 N–H and O–H groups in total. The minimum atomic E-state index is -0.263. The van der Waals surface area contributed by atoms with Gasteiger partial charge in [-0.25, -0.2) is 4.39 Å². The molecule has 0 bridgehead atoms. The zero-order valence-electron chi connectivity index (χ0n) is 14.0. The minimum absolute atomic E-state index is 0.0800. The SMILES string of the molecule is [B]c1ccc(C(C)c2[nH]c3ccc(Cl)cc3c2CCCC)c(F)c1. The average molecular weight is 340 g/mol. The van der Waals surface area contributed by atoms with Gasteiger partial charge in [0.05, 0.1) is 0 Å². The molecule has 0 saturated heterocycles. The molecule has 3 rings (SSSR count). The van der Waals surface area contributed by atoms with E-state index in [-0.39, 0.29) is 11.7 Å². The molecule has 2 radical (unpaired) electrons. The van der Waals surface area contributed by atoms with Crippen LogP contribution in [0.4, 0.5) is 4.39 Å². The van der Waals surface area contributed by atoms with Gasteiger partial charge >= 0.3 is 0 Å². The summed E-state index contributed by atoms with van der Waals surface area (Å²) in [5.74, 6) is -0.343. The number of aryl methyl sites for hydroxylation is 1. The van der Waals surface area contributed by atoms with Crippen molar-refractivity contribution in [1.29, 1.82) is 0 Å². The Labute approximate surface area is 148 Å². The van der Waals surface area contributed by atoms with Crippen molar-refractivity contribution in [2.45, 2.75) is 39.0 Å². The number of halogens is 2. The van der Waals surface area contributed by atoms with Crippen molar-refractivity contribution in [3.8, 4) is 0 Å². The number of H-pyrrole nitrogens is 1. The van der Waals surface area contributed by atoms with Crippen LogP contribution in [0.2, 0.25) is 5.02 Å². The lowest BCUT2D eigenvalue weighted by molar-refractivity contribution is 0.601. The van der Waals surface area contributed by atoms with Crippen LogP contribution >= 0.6 is 11.6 Å². The smallest absolute Gasteiger partial charge is 0.126 e. The summed E-state index contributed by atoms with van der Waals surface area (Å²) in [6.45, 7) is 4.20. The summed E-state index contributed by atoms with van der Waals surface area (Å²) in [6, 6.07) is 10.8. The highest BCUT2D eigenvalue weighted by Gasteiger charge is 2.20. The van der Waals surface area contributed by atoms with Crippen molar-refractivity contribution in [1.82, 2.24) is 4.98 Å². The molecule has 0 aliphatic heterocycles. The van der Waals surface area contributed by atoms with Gasteiger partial charge in [-0.2, -0.15) is 0 Å². The number of fused-ring (bicyclic) bond motifs is 1. The quantitative estimate of drug-likeness (QED) is 0.611. The molecule has 1 heterocycles. The highest BCUT2D eigenvalue weighted by Crippen LogP contribution is 2.34. The highest BCUT2D eigenvalue weighted by molar-refractivity contribution is 6.32. The summed E-state index contributed by atoms with van der Waals surface area (Å²) in [4.78, 5) is 3.48. The molecule has 1 aromatic heterocycles. The summed E-state index contributed by atoms with van der Waals surface area (Å²) in [7, 11) is 5.68. The summed E-state index contributed by atoms with van der Waals surface area (Å²) in [6.07, 6.45) is 3.15. The van der Waals surface area contributed by atoms with Gasteiger partial charge < -0.3 is 4.98 Å². The van der Waals surface area contributed by atoms with E-state index in [1.165, 1.54) is 11.6 Å². The Bertz CT molecular complexity index is 871. The molecule has 4 heteroatoms. The first-order valence-electron chi connectivity index (χ1n) is 8.36. The van der Waals surface area contributed by atoms with E-state index in [9.17, 15) is 4.39 Å². The topological polar surface area (TPSA) is 15.8 Å². The van der Waals surface area contributed by atoms with Gasteiger partial charge in [0.25, 0.3) is 0 Å². The molecule has 1 atom stereocenters. The summed E-state index contributed by atoms with van der Waals surface area (Å²) in [5, 5.41) is 1.85. The number of nitrogens with one attached hydrogen (secondary N) is 1. The molecule has 3 aromatic rings. The van der Waals surface area contributed by atoms with Crippen molar-refractivity contribution >= 4 is 35.8 Å². The van der Waals surface area contributed by atoms with E-state index in [2.05, 4.69) is 11.9 Å². The Hall–Kier alpha value is -1.74. The van der Waals surface area contributed by atoms with Gasteiger partial charge in [0, 0.05) is 27.5 Å². The van der Waals surface area contributed by atoms with Crippen LogP contribution in [0.25, 0.3) is 10.9 Å². The Morgan fingerprint density at radius 3 is 2.71 bits per heavy atom. The molecule has 2 aromatic carbocycles. The third kappa shape index (κ3) is 3.23. The van der Waals surface area contributed by atoms with E-state index in [4.69, 9.17) is 19.4 Å². The molecular formula is C20H20BClFN. The predicted octanol–water partition coefficient (Wildman–Crippen LogP) is 5.25. The molecule has 0 spiro atoms. The highest BCUT2D eigenvalue weighted by atomic mass is 35.5. The summed E-state index contributed by atoms with van der Waals surface area (Å²) in [5.41, 5.74) is 4.43. The van der Waals surface area contributed by atoms with Crippen LogP contribution in [0.15, 0.2) is 36.4 Å². The first-order valence-corrected chi connectivity index (χ1v) is 8.74. The molecule has 0 aliphatic rings. The van der Waals surface area contributed by atoms with Crippen LogP contribution in [-0.4, -0.2) is 12.8 Å². The van der Waals surface area contributed by atoms with Crippen LogP contribution in [0.3, 0.4) is 0 Å². The van der Waals surface area contributed by atoms with Gasteiger partial charge in [0.15, 0.2) is 0 Å². The molecule has 0 amide bonds. The number of aromatic nitrogens is 1. The third-order valence-electron chi connectivity index (χ3n) is 4.61. The molecule has 0 saturated carbocycles. The van der Waals surface area contributed by atoms with Crippen LogP contribution < -0.4 is 5.46 Å². The molecule has 1 unspecified atom stereocenters. The van der Waals surface area contributed by atoms with E-state index < -0.39 is 0 Å². The summed E-state index contributed by atoms with van der Waals surface area (Å²) >= 11 is 6.19.